The molecule has 0 amide bonds. The molecule has 5 heteroatoms. The van der Waals surface area contributed by atoms with Gasteiger partial charge in [-0.1, -0.05) is 12.1 Å². The molecule has 112 valence electrons. The van der Waals surface area contributed by atoms with E-state index in [-0.39, 0.29) is 0 Å². The molecular formula is C16H23N5. The minimum atomic E-state index is 0.577. The summed E-state index contributed by atoms with van der Waals surface area (Å²) in [5.74, 6) is 2.19. The van der Waals surface area contributed by atoms with Crippen molar-refractivity contribution < 1.29 is 0 Å². The van der Waals surface area contributed by atoms with E-state index in [0.29, 0.717) is 5.82 Å². The number of para-hydroxylation sites is 1. The van der Waals surface area contributed by atoms with Gasteiger partial charge in [-0.25, -0.2) is 9.97 Å². The van der Waals surface area contributed by atoms with Gasteiger partial charge in [0.1, 0.15) is 11.6 Å². The van der Waals surface area contributed by atoms with Gasteiger partial charge in [-0.15, -0.1) is 0 Å². The van der Waals surface area contributed by atoms with Gasteiger partial charge in [-0.3, -0.25) is 4.90 Å². The van der Waals surface area contributed by atoms with Crippen LogP contribution in [0.3, 0.4) is 0 Å². The highest BCUT2D eigenvalue weighted by molar-refractivity contribution is 5.87. The van der Waals surface area contributed by atoms with E-state index in [2.05, 4.69) is 14.9 Å². The lowest BCUT2D eigenvalue weighted by Gasteiger charge is -2.31. The molecule has 0 radical (unpaired) electrons. The van der Waals surface area contributed by atoms with E-state index in [9.17, 15) is 0 Å². The SMILES string of the molecule is NCCC1CCN(Cc2nc(N)c3ccccc3n2)CC1. The molecule has 1 aliphatic rings. The highest BCUT2D eigenvalue weighted by Crippen LogP contribution is 2.22. The second-order valence-electron chi connectivity index (χ2n) is 5.84. The van der Waals surface area contributed by atoms with Crippen molar-refractivity contribution >= 4 is 16.7 Å². The number of anilines is 1. The van der Waals surface area contributed by atoms with E-state index in [1.165, 1.54) is 12.8 Å². The van der Waals surface area contributed by atoms with Crippen molar-refractivity contribution in [1.82, 2.24) is 14.9 Å². The Hall–Kier alpha value is -1.72. The maximum Gasteiger partial charge on any atom is 0.145 e. The van der Waals surface area contributed by atoms with E-state index >= 15 is 0 Å². The minimum Gasteiger partial charge on any atom is -0.383 e. The van der Waals surface area contributed by atoms with Crippen molar-refractivity contribution in [1.29, 1.82) is 0 Å². The summed E-state index contributed by atoms with van der Waals surface area (Å²) in [5.41, 5.74) is 12.6. The lowest BCUT2D eigenvalue weighted by atomic mass is 9.94. The third kappa shape index (κ3) is 3.31. The molecule has 3 rings (SSSR count). The van der Waals surface area contributed by atoms with Crippen molar-refractivity contribution in [2.24, 2.45) is 11.7 Å². The molecule has 1 aromatic carbocycles. The van der Waals surface area contributed by atoms with Crippen molar-refractivity contribution in [3.8, 4) is 0 Å². The van der Waals surface area contributed by atoms with E-state index in [0.717, 1.165) is 55.2 Å². The van der Waals surface area contributed by atoms with E-state index in [1.807, 2.05) is 24.3 Å². The summed E-state index contributed by atoms with van der Waals surface area (Å²) in [4.78, 5) is 11.5. The number of piperidine rings is 1. The predicted molar refractivity (Wildman–Crippen MR) is 85.6 cm³/mol. The van der Waals surface area contributed by atoms with Crippen molar-refractivity contribution in [3.05, 3.63) is 30.1 Å². The molecule has 0 bridgehead atoms. The average molecular weight is 285 g/mol. The van der Waals surface area contributed by atoms with Gasteiger partial charge in [0, 0.05) is 5.39 Å². The Labute approximate surface area is 125 Å². The van der Waals surface area contributed by atoms with Gasteiger partial charge in [-0.05, 0) is 56.9 Å². The fourth-order valence-corrected chi connectivity index (χ4v) is 3.09. The third-order valence-electron chi connectivity index (χ3n) is 4.33. The van der Waals surface area contributed by atoms with Crippen molar-refractivity contribution in [3.63, 3.8) is 0 Å². The predicted octanol–water partition coefficient (Wildman–Crippen LogP) is 1.77. The first-order chi connectivity index (χ1) is 10.3. The quantitative estimate of drug-likeness (QED) is 0.895. The molecule has 0 unspecified atom stereocenters. The molecule has 0 spiro atoms. The number of aromatic nitrogens is 2. The summed E-state index contributed by atoms with van der Waals surface area (Å²) >= 11 is 0. The van der Waals surface area contributed by atoms with Gasteiger partial charge < -0.3 is 11.5 Å². The monoisotopic (exact) mass is 285 g/mol. The number of nitrogen functional groups attached to an aromatic ring is 1. The van der Waals surface area contributed by atoms with Gasteiger partial charge in [0.2, 0.25) is 0 Å². The molecule has 2 heterocycles. The zero-order valence-electron chi connectivity index (χ0n) is 12.3. The fraction of sp³-hybridized carbons (Fsp3) is 0.500. The maximum absolute atomic E-state index is 6.04. The molecule has 0 saturated carbocycles. The summed E-state index contributed by atoms with van der Waals surface area (Å²) in [5, 5.41) is 0.933. The standard InChI is InChI=1S/C16H23N5/c17-8-5-12-6-9-21(10-7-12)11-15-19-14-4-2-1-3-13(14)16(18)20-15/h1-4,12H,5-11,17H2,(H2,18,19,20). The Balaban J connectivity index is 1.68. The number of likely N-dealkylation sites (tertiary alicyclic amines) is 1. The zero-order valence-corrected chi connectivity index (χ0v) is 12.3. The second-order valence-corrected chi connectivity index (χ2v) is 5.84. The number of hydrogen-bond donors (Lipinski definition) is 2. The summed E-state index contributed by atoms with van der Waals surface area (Å²) in [6, 6.07) is 7.90. The van der Waals surface area contributed by atoms with Crippen LogP contribution in [0.2, 0.25) is 0 Å². The zero-order chi connectivity index (χ0) is 14.7. The summed E-state index contributed by atoms with van der Waals surface area (Å²) in [6.45, 7) is 3.78. The lowest BCUT2D eigenvalue weighted by molar-refractivity contribution is 0.170. The van der Waals surface area contributed by atoms with Crippen LogP contribution >= 0.6 is 0 Å². The number of rotatable bonds is 4. The molecule has 1 aromatic heterocycles. The summed E-state index contributed by atoms with van der Waals surface area (Å²) < 4.78 is 0. The van der Waals surface area contributed by atoms with Crippen LogP contribution < -0.4 is 11.5 Å². The van der Waals surface area contributed by atoms with Gasteiger partial charge in [0.15, 0.2) is 0 Å². The molecule has 1 fully saturated rings. The van der Waals surface area contributed by atoms with Crippen molar-refractivity contribution in [2.75, 3.05) is 25.4 Å². The molecule has 5 nitrogen and oxygen atoms in total. The van der Waals surface area contributed by atoms with Gasteiger partial charge in [-0.2, -0.15) is 0 Å². The molecular weight excluding hydrogens is 262 g/mol. The normalized spacial score (nSPS) is 17.4. The van der Waals surface area contributed by atoms with Crippen molar-refractivity contribution in [2.45, 2.75) is 25.8 Å². The first-order valence-corrected chi connectivity index (χ1v) is 7.70. The molecule has 21 heavy (non-hydrogen) atoms. The van der Waals surface area contributed by atoms with Gasteiger partial charge in [0.25, 0.3) is 0 Å². The molecule has 1 aliphatic heterocycles. The molecule has 0 aliphatic carbocycles. The first kappa shape index (κ1) is 14.2. The van der Waals surface area contributed by atoms with Crippen LogP contribution in [0.25, 0.3) is 10.9 Å². The Morgan fingerprint density at radius 2 is 1.90 bits per heavy atom. The van der Waals surface area contributed by atoms with Gasteiger partial charge >= 0.3 is 0 Å². The third-order valence-corrected chi connectivity index (χ3v) is 4.33. The number of nitrogens with zero attached hydrogens (tertiary/aromatic N) is 3. The molecule has 4 N–H and O–H groups in total. The van der Waals surface area contributed by atoms with Crippen LogP contribution in [0.5, 0.6) is 0 Å². The first-order valence-electron chi connectivity index (χ1n) is 7.70. The van der Waals surface area contributed by atoms with Crippen LogP contribution in [0, 0.1) is 5.92 Å². The molecule has 2 aromatic rings. The lowest BCUT2D eigenvalue weighted by Crippen LogP contribution is -2.34. The van der Waals surface area contributed by atoms with Crippen LogP contribution in [0.15, 0.2) is 24.3 Å². The average Bonchev–Trinajstić information content (AvgIpc) is 2.50. The van der Waals surface area contributed by atoms with Gasteiger partial charge in [0.05, 0.1) is 12.1 Å². The van der Waals surface area contributed by atoms with E-state index in [4.69, 9.17) is 11.5 Å². The number of fused-ring (bicyclic) bond motifs is 1. The topological polar surface area (TPSA) is 81.1 Å². The highest BCUT2D eigenvalue weighted by atomic mass is 15.2. The van der Waals surface area contributed by atoms with Crippen LogP contribution in [-0.4, -0.2) is 34.5 Å². The molecule has 0 atom stereocenters. The number of nitrogens with two attached hydrogens (primary N) is 2. The highest BCUT2D eigenvalue weighted by Gasteiger charge is 2.19. The Bertz CT molecular complexity index is 605. The van der Waals surface area contributed by atoms with E-state index < -0.39 is 0 Å². The number of hydrogen-bond acceptors (Lipinski definition) is 5. The Morgan fingerprint density at radius 3 is 2.67 bits per heavy atom. The fourth-order valence-electron chi connectivity index (χ4n) is 3.09. The van der Waals surface area contributed by atoms with Crippen LogP contribution in [-0.2, 0) is 6.54 Å². The smallest absolute Gasteiger partial charge is 0.145 e. The number of benzene rings is 1. The summed E-state index contributed by atoms with van der Waals surface area (Å²) in [6.07, 6.45) is 3.59. The van der Waals surface area contributed by atoms with Crippen LogP contribution in [0.1, 0.15) is 25.1 Å². The second kappa shape index (κ2) is 6.37. The maximum atomic E-state index is 6.04. The van der Waals surface area contributed by atoms with Crippen LogP contribution in [0.4, 0.5) is 5.82 Å². The Kier molecular flexibility index (Phi) is 4.31. The summed E-state index contributed by atoms with van der Waals surface area (Å²) in [7, 11) is 0. The Morgan fingerprint density at radius 1 is 1.14 bits per heavy atom. The molecule has 1 saturated heterocycles. The minimum absolute atomic E-state index is 0.577. The largest absolute Gasteiger partial charge is 0.383 e. The van der Waals surface area contributed by atoms with E-state index in [1.54, 1.807) is 0 Å².